The second-order valence-electron chi connectivity index (χ2n) is 6.49. The van der Waals surface area contributed by atoms with Gasteiger partial charge in [0.05, 0.1) is 23.8 Å². The Bertz CT molecular complexity index is 1020. The van der Waals surface area contributed by atoms with Crippen LogP contribution in [0.4, 0.5) is 4.39 Å². The number of ether oxygens (including phenoxy) is 2. The number of carbonyl (C=O) groups excluding carboxylic acids is 1. The third-order valence-electron chi connectivity index (χ3n) is 4.42. The lowest BCUT2D eigenvalue weighted by molar-refractivity contribution is -0.123. The summed E-state index contributed by atoms with van der Waals surface area (Å²) in [5, 5.41) is 3.98. The second kappa shape index (κ2) is 9.79. The van der Waals surface area contributed by atoms with Crippen molar-refractivity contribution in [1.29, 1.82) is 0 Å². The van der Waals surface area contributed by atoms with Crippen molar-refractivity contribution in [2.24, 2.45) is 5.10 Å². The average molecular weight is 435 g/mol. The average Bonchev–Trinajstić information content (AvgIpc) is 2.77. The van der Waals surface area contributed by atoms with E-state index in [4.69, 9.17) is 9.47 Å². The highest BCUT2D eigenvalue weighted by molar-refractivity contribution is 7.89. The van der Waals surface area contributed by atoms with Crippen LogP contribution in [0.1, 0.15) is 12.5 Å². The summed E-state index contributed by atoms with van der Waals surface area (Å²) in [6, 6.07) is 12.0. The van der Waals surface area contributed by atoms with E-state index in [0.717, 1.165) is 0 Å². The zero-order valence-corrected chi connectivity index (χ0v) is 17.2. The Labute approximate surface area is 174 Å². The van der Waals surface area contributed by atoms with E-state index in [1.807, 2.05) is 0 Å². The van der Waals surface area contributed by atoms with E-state index < -0.39 is 28.4 Å². The first-order valence-electron chi connectivity index (χ1n) is 9.27. The van der Waals surface area contributed by atoms with Crippen LogP contribution in [0.2, 0.25) is 0 Å². The molecular weight excluding hydrogens is 413 g/mol. The third kappa shape index (κ3) is 5.41. The van der Waals surface area contributed by atoms with Gasteiger partial charge in [0.25, 0.3) is 5.91 Å². The topological polar surface area (TPSA) is 97.3 Å². The lowest BCUT2D eigenvalue weighted by Gasteiger charge is -2.26. The molecule has 0 aliphatic carbocycles. The molecule has 1 N–H and O–H groups in total. The van der Waals surface area contributed by atoms with E-state index in [9.17, 15) is 17.6 Å². The number of hydrazone groups is 1. The number of benzene rings is 2. The van der Waals surface area contributed by atoms with Crippen molar-refractivity contribution in [2.75, 3.05) is 32.9 Å². The number of hydrogen-bond acceptors (Lipinski definition) is 6. The van der Waals surface area contributed by atoms with Crippen LogP contribution in [0.5, 0.6) is 5.75 Å². The van der Waals surface area contributed by atoms with Gasteiger partial charge in [-0.2, -0.15) is 9.41 Å². The van der Waals surface area contributed by atoms with Gasteiger partial charge in [0.15, 0.2) is 18.2 Å². The Morgan fingerprint density at radius 3 is 2.50 bits per heavy atom. The summed E-state index contributed by atoms with van der Waals surface area (Å²) in [5.41, 5.74) is 3.45. The number of para-hydroxylation sites is 1. The van der Waals surface area contributed by atoms with Gasteiger partial charge in [-0.15, -0.1) is 0 Å². The molecule has 10 heteroatoms. The van der Waals surface area contributed by atoms with Gasteiger partial charge in [-0.05, 0) is 36.8 Å². The van der Waals surface area contributed by atoms with E-state index in [2.05, 4.69) is 10.5 Å². The van der Waals surface area contributed by atoms with Crippen LogP contribution in [0.3, 0.4) is 0 Å². The highest BCUT2D eigenvalue weighted by Gasteiger charge is 2.26. The number of sulfonamides is 1. The van der Waals surface area contributed by atoms with Crippen LogP contribution in [-0.4, -0.2) is 57.3 Å². The molecule has 1 amide bonds. The minimum absolute atomic E-state index is 0.0228. The summed E-state index contributed by atoms with van der Waals surface area (Å²) in [4.78, 5) is 12.0. The number of nitrogens with one attached hydrogen (secondary N) is 1. The Hall–Kier alpha value is -2.82. The van der Waals surface area contributed by atoms with Crippen LogP contribution < -0.4 is 10.2 Å². The SMILES string of the molecule is C/C(=N\NC(=O)COc1ccccc1F)c1ccc(S(=O)(=O)N2CCOCC2)cc1. The standard InChI is InChI=1S/C20H22FN3O5S/c1-15(22-23-20(25)14-29-19-5-3-2-4-18(19)21)16-6-8-17(9-7-16)30(26,27)24-10-12-28-13-11-24/h2-9H,10-14H2,1H3,(H,23,25)/b22-15+. The molecule has 0 unspecified atom stereocenters. The number of carbonyl (C=O) groups is 1. The van der Waals surface area contributed by atoms with Crippen LogP contribution in [0.15, 0.2) is 58.5 Å². The molecule has 0 spiro atoms. The quantitative estimate of drug-likeness (QED) is 0.528. The number of hydrogen-bond donors (Lipinski definition) is 1. The van der Waals surface area contributed by atoms with E-state index in [-0.39, 0.29) is 10.6 Å². The summed E-state index contributed by atoms with van der Waals surface area (Å²) < 4.78 is 50.4. The van der Waals surface area contributed by atoms with Gasteiger partial charge in [-0.1, -0.05) is 24.3 Å². The van der Waals surface area contributed by atoms with Crippen LogP contribution in [-0.2, 0) is 19.6 Å². The molecule has 0 aromatic heterocycles. The predicted molar refractivity (Wildman–Crippen MR) is 108 cm³/mol. The molecule has 0 atom stereocenters. The maximum atomic E-state index is 13.5. The van der Waals surface area contributed by atoms with Gasteiger partial charge in [0.2, 0.25) is 10.0 Å². The highest BCUT2D eigenvalue weighted by Crippen LogP contribution is 2.18. The van der Waals surface area contributed by atoms with Crippen molar-refractivity contribution >= 4 is 21.6 Å². The van der Waals surface area contributed by atoms with Crippen LogP contribution in [0.25, 0.3) is 0 Å². The largest absolute Gasteiger partial charge is 0.481 e. The van der Waals surface area contributed by atoms with Crippen LogP contribution in [0, 0.1) is 5.82 Å². The highest BCUT2D eigenvalue weighted by atomic mass is 32.2. The van der Waals surface area contributed by atoms with Gasteiger partial charge >= 0.3 is 0 Å². The number of rotatable bonds is 7. The maximum absolute atomic E-state index is 13.5. The van der Waals surface area contributed by atoms with Crippen molar-refractivity contribution in [3.63, 3.8) is 0 Å². The molecule has 0 saturated carbocycles. The van der Waals surface area contributed by atoms with E-state index in [1.54, 1.807) is 25.1 Å². The van der Waals surface area contributed by atoms with Gasteiger partial charge in [-0.3, -0.25) is 4.79 Å². The first-order chi connectivity index (χ1) is 14.4. The number of nitrogens with zero attached hydrogens (tertiary/aromatic N) is 2. The predicted octanol–water partition coefficient (Wildman–Crippen LogP) is 1.77. The molecule has 2 aromatic carbocycles. The summed E-state index contributed by atoms with van der Waals surface area (Å²) in [6.07, 6.45) is 0. The van der Waals surface area contributed by atoms with Crippen molar-refractivity contribution in [2.45, 2.75) is 11.8 Å². The van der Waals surface area contributed by atoms with Gasteiger partial charge in [-0.25, -0.2) is 18.2 Å². The van der Waals surface area contributed by atoms with Crippen molar-refractivity contribution in [1.82, 2.24) is 9.73 Å². The number of morpholine rings is 1. The van der Waals surface area contributed by atoms with Crippen molar-refractivity contribution in [3.8, 4) is 5.75 Å². The monoisotopic (exact) mass is 435 g/mol. The normalized spacial score (nSPS) is 15.6. The van der Waals surface area contributed by atoms with Gasteiger partial charge < -0.3 is 9.47 Å². The molecule has 0 bridgehead atoms. The molecule has 1 heterocycles. The van der Waals surface area contributed by atoms with E-state index in [0.29, 0.717) is 37.6 Å². The van der Waals surface area contributed by atoms with Crippen molar-refractivity contribution in [3.05, 3.63) is 59.9 Å². The fourth-order valence-corrected chi connectivity index (χ4v) is 4.16. The molecular formula is C20H22FN3O5S. The second-order valence-corrected chi connectivity index (χ2v) is 8.43. The minimum Gasteiger partial charge on any atom is -0.481 e. The Kier molecular flexibility index (Phi) is 7.14. The van der Waals surface area contributed by atoms with Gasteiger partial charge in [0.1, 0.15) is 0 Å². The fraction of sp³-hybridized carbons (Fsp3) is 0.300. The number of halogens is 1. The summed E-state index contributed by atoms with van der Waals surface area (Å²) in [6.45, 7) is 2.68. The molecule has 0 radical (unpaired) electrons. The molecule has 1 aliphatic heterocycles. The molecule has 160 valence electrons. The zero-order chi connectivity index (χ0) is 21.6. The molecule has 8 nitrogen and oxygen atoms in total. The van der Waals surface area contributed by atoms with E-state index >= 15 is 0 Å². The Balaban J connectivity index is 1.58. The molecule has 2 aromatic rings. The van der Waals surface area contributed by atoms with Gasteiger partial charge in [0, 0.05) is 13.1 Å². The summed E-state index contributed by atoms with van der Waals surface area (Å²) in [5.74, 6) is -1.13. The minimum atomic E-state index is -3.57. The molecule has 1 fully saturated rings. The third-order valence-corrected chi connectivity index (χ3v) is 6.34. The van der Waals surface area contributed by atoms with Crippen molar-refractivity contribution < 1.29 is 27.1 Å². The Morgan fingerprint density at radius 2 is 1.83 bits per heavy atom. The molecule has 30 heavy (non-hydrogen) atoms. The van der Waals surface area contributed by atoms with Crippen LogP contribution >= 0.6 is 0 Å². The Morgan fingerprint density at radius 1 is 1.17 bits per heavy atom. The lowest BCUT2D eigenvalue weighted by Crippen LogP contribution is -2.40. The smallest absolute Gasteiger partial charge is 0.277 e. The molecule has 1 saturated heterocycles. The lowest BCUT2D eigenvalue weighted by atomic mass is 10.1. The molecule has 1 aliphatic rings. The number of amides is 1. The summed E-state index contributed by atoms with van der Waals surface area (Å²) >= 11 is 0. The maximum Gasteiger partial charge on any atom is 0.277 e. The van der Waals surface area contributed by atoms with E-state index in [1.165, 1.54) is 34.6 Å². The molecule has 3 rings (SSSR count). The first-order valence-corrected chi connectivity index (χ1v) is 10.7. The zero-order valence-electron chi connectivity index (χ0n) is 16.4. The first kappa shape index (κ1) is 21.9. The fourth-order valence-electron chi connectivity index (χ4n) is 2.75. The summed E-state index contributed by atoms with van der Waals surface area (Å²) in [7, 11) is -3.57.